The van der Waals surface area contributed by atoms with E-state index >= 15 is 0 Å². The third-order valence-corrected chi connectivity index (χ3v) is 5.19. The summed E-state index contributed by atoms with van der Waals surface area (Å²) < 4.78 is 0. The molecule has 1 aliphatic heterocycles. The predicted octanol–water partition coefficient (Wildman–Crippen LogP) is 3.78. The number of anilines is 1. The summed E-state index contributed by atoms with van der Waals surface area (Å²) in [5, 5.41) is 13.7. The van der Waals surface area contributed by atoms with E-state index in [4.69, 9.17) is 0 Å². The summed E-state index contributed by atoms with van der Waals surface area (Å²) in [6.45, 7) is 6.56. The van der Waals surface area contributed by atoms with Crippen molar-refractivity contribution in [3.05, 3.63) is 65.7 Å². The lowest BCUT2D eigenvalue weighted by molar-refractivity contribution is -0.139. The zero-order chi connectivity index (χ0) is 18.6. The van der Waals surface area contributed by atoms with Gasteiger partial charge in [-0.25, -0.2) is 0 Å². The second-order valence-corrected chi connectivity index (χ2v) is 7.52. The molecule has 1 saturated heterocycles. The number of carbonyl (C=O) groups is 1. The fourth-order valence-electron chi connectivity index (χ4n) is 3.35. The zero-order valence-corrected chi connectivity index (χ0v) is 15.6. The first-order valence-electron chi connectivity index (χ1n) is 9.36. The SMILES string of the molecule is CC(C)c1ccc(NC(=O)C2(O)CCN(Cc3ccccc3)CC2)cc1. The van der Waals surface area contributed by atoms with E-state index in [1.54, 1.807) is 0 Å². The Labute approximate surface area is 155 Å². The molecule has 3 rings (SSSR count). The van der Waals surface area contributed by atoms with Gasteiger partial charge in [-0.2, -0.15) is 0 Å². The summed E-state index contributed by atoms with van der Waals surface area (Å²) in [4.78, 5) is 14.9. The number of nitrogens with zero attached hydrogens (tertiary/aromatic N) is 1. The molecule has 26 heavy (non-hydrogen) atoms. The van der Waals surface area contributed by atoms with Gasteiger partial charge in [0.05, 0.1) is 0 Å². The fourth-order valence-corrected chi connectivity index (χ4v) is 3.35. The van der Waals surface area contributed by atoms with Crippen molar-refractivity contribution in [3.8, 4) is 0 Å². The Hall–Kier alpha value is -2.17. The van der Waals surface area contributed by atoms with Crippen molar-refractivity contribution < 1.29 is 9.90 Å². The molecule has 0 saturated carbocycles. The molecule has 1 fully saturated rings. The quantitative estimate of drug-likeness (QED) is 0.861. The molecule has 0 bridgehead atoms. The number of likely N-dealkylation sites (tertiary alicyclic amines) is 1. The van der Waals surface area contributed by atoms with Gasteiger partial charge in [0, 0.05) is 25.3 Å². The van der Waals surface area contributed by atoms with Crippen LogP contribution in [0.3, 0.4) is 0 Å². The number of piperidine rings is 1. The number of carbonyl (C=O) groups excluding carboxylic acids is 1. The number of nitrogens with one attached hydrogen (secondary N) is 1. The normalized spacial score (nSPS) is 17.2. The number of rotatable bonds is 5. The number of hydrogen-bond donors (Lipinski definition) is 2. The molecule has 1 heterocycles. The van der Waals surface area contributed by atoms with Crippen LogP contribution in [-0.2, 0) is 11.3 Å². The fraction of sp³-hybridized carbons (Fsp3) is 0.409. The predicted molar refractivity (Wildman–Crippen MR) is 105 cm³/mol. The minimum Gasteiger partial charge on any atom is -0.380 e. The molecule has 0 spiro atoms. The highest BCUT2D eigenvalue weighted by Gasteiger charge is 2.39. The Balaban J connectivity index is 1.55. The van der Waals surface area contributed by atoms with Crippen molar-refractivity contribution >= 4 is 11.6 Å². The van der Waals surface area contributed by atoms with E-state index in [-0.39, 0.29) is 5.91 Å². The molecule has 0 atom stereocenters. The summed E-state index contributed by atoms with van der Waals surface area (Å²) in [6, 6.07) is 18.1. The van der Waals surface area contributed by atoms with Crippen molar-refractivity contribution in [1.29, 1.82) is 0 Å². The van der Waals surface area contributed by atoms with E-state index in [0.29, 0.717) is 31.8 Å². The third-order valence-electron chi connectivity index (χ3n) is 5.19. The second kappa shape index (κ2) is 8.02. The minimum atomic E-state index is -1.29. The van der Waals surface area contributed by atoms with Gasteiger partial charge in [-0.05, 0) is 42.0 Å². The molecule has 0 aromatic heterocycles. The molecule has 4 nitrogen and oxygen atoms in total. The Morgan fingerprint density at radius 3 is 2.27 bits per heavy atom. The number of benzene rings is 2. The highest BCUT2D eigenvalue weighted by atomic mass is 16.3. The molecule has 1 aliphatic rings. The van der Waals surface area contributed by atoms with Gasteiger partial charge in [-0.15, -0.1) is 0 Å². The van der Waals surface area contributed by atoms with Crippen LogP contribution in [0, 0.1) is 0 Å². The molecule has 0 aliphatic carbocycles. The first-order chi connectivity index (χ1) is 12.5. The molecular weight excluding hydrogens is 324 g/mol. The summed E-state index contributed by atoms with van der Waals surface area (Å²) in [5.74, 6) is 0.159. The lowest BCUT2D eigenvalue weighted by Gasteiger charge is -2.37. The Bertz CT molecular complexity index is 718. The van der Waals surface area contributed by atoms with Gasteiger partial charge < -0.3 is 10.4 Å². The Kier molecular flexibility index (Phi) is 5.74. The largest absolute Gasteiger partial charge is 0.380 e. The first-order valence-corrected chi connectivity index (χ1v) is 9.36. The van der Waals surface area contributed by atoms with Crippen molar-refractivity contribution in [2.24, 2.45) is 0 Å². The van der Waals surface area contributed by atoms with E-state index < -0.39 is 5.60 Å². The summed E-state index contributed by atoms with van der Waals surface area (Å²) in [7, 11) is 0. The van der Waals surface area contributed by atoms with Crippen molar-refractivity contribution in [2.75, 3.05) is 18.4 Å². The lowest BCUT2D eigenvalue weighted by atomic mass is 9.90. The Morgan fingerprint density at radius 2 is 1.69 bits per heavy atom. The van der Waals surface area contributed by atoms with Crippen LogP contribution >= 0.6 is 0 Å². The van der Waals surface area contributed by atoms with Crippen LogP contribution in [0.1, 0.15) is 43.7 Å². The summed E-state index contributed by atoms with van der Waals surface area (Å²) in [6.07, 6.45) is 0.908. The van der Waals surface area contributed by atoms with Gasteiger partial charge in [0.2, 0.25) is 0 Å². The maximum Gasteiger partial charge on any atom is 0.256 e. The van der Waals surface area contributed by atoms with Crippen LogP contribution in [0.4, 0.5) is 5.69 Å². The molecular formula is C22H28N2O2. The average Bonchev–Trinajstić information content (AvgIpc) is 2.65. The second-order valence-electron chi connectivity index (χ2n) is 7.52. The van der Waals surface area contributed by atoms with Gasteiger partial charge >= 0.3 is 0 Å². The standard InChI is InChI=1S/C22H28N2O2/c1-17(2)19-8-10-20(11-9-19)23-21(25)22(26)12-14-24(15-13-22)16-18-6-4-3-5-7-18/h3-11,17,26H,12-16H2,1-2H3,(H,23,25). The van der Waals surface area contributed by atoms with Gasteiger partial charge in [0.15, 0.2) is 0 Å². The zero-order valence-electron chi connectivity index (χ0n) is 15.6. The van der Waals surface area contributed by atoms with Crippen molar-refractivity contribution in [2.45, 2.75) is 44.8 Å². The van der Waals surface area contributed by atoms with Crippen LogP contribution in [0.5, 0.6) is 0 Å². The van der Waals surface area contributed by atoms with Gasteiger partial charge in [-0.3, -0.25) is 9.69 Å². The topological polar surface area (TPSA) is 52.6 Å². The van der Waals surface area contributed by atoms with E-state index in [1.165, 1.54) is 11.1 Å². The van der Waals surface area contributed by atoms with Crippen LogP contribution < -0.4 is 5.32 Å². The van der Waals surface area contributed by atoms with Gasteiger partial charge in [0.25, 0.3) is 5.91 Å². The van der Waals surface area contributed by atoms with Gasteiger partial charge in [-0.1, -0.05) is 56.3 Å². The maximum absolute atomic E-state index is 12.6. The van der Waals surface area contributed by atoms with Crippen LogP contribution in [0.2, 0.25) is 0 Å². The van der Waals surface area contributed by atoms with E-state index in [1.807, 2.05) is 42.5 Å². The molecule has 1 amide bonds. The molecule has 2 aromatic rings. The van der Waals surface area contributed by atoms with E-state index in [9.17, 15) is 9.90 Å². The smallest absolute Gasteiger partial charge is 0.256 e. The lowest BCUT2D eigenvalue weighted by Crippen LogP contribution is -2.51. The summed E-state index contributed by atoms with van der Waals surface area (Å²) >= 11 is 0. The molecule has 0 radical (unpaired) electrons. The molecule has 4 heteroatoms. The third kappa shape index (κ3) is 4.51. The van der Waals surface area contributed by atoms with Crippen molar-refractivity contribution in [3.63, 3.8) is 0 Å². The van der Waals surface area contributed by atoms with Gasteiger partial charge in [0.1, 0.15) is 5.60 Å². The van der Waals surface area contributed by atoms with E-state index in [2.05, 4.69) is 36.2 Å². The van der Waals surface area contributed by atoms with Crippen LogP contribution in [0.15, 0.2) is 54.6 Å². The molecule has 2 aromatic carbocycles. The number of amides is 1. The number of hydrogen-bond acceptors (Lipinski definition) is 3. The van der Waals surface area contributed by atoms with Crippen LogP contribution in [0.25, 0.3) is 0 Å². The summed E-state index contributed by atoms with van der Waals surface area (Å²) in [5.41, 5.74) is 1.94. The molecule has 138 valence electrons. The minimum absolute atomic E-state index is 0.297. The Morgan fingerprint density at radius 1 is 1.08 bits per heavy atom. The molecule has 2 N–H and O–H groups in total. The maximum atomic E-state index is 12.6. The highest BCUT2D eigenvalue weighted by Crippen LogP contribution is 2.26. The highest BCUT2D eigenvalue weighted by molar-refractivity contribution is 5.97. The molecule has 0 unspecified atom stereocenters. The monoisotopic (exact) mass is 352 g/mol. The number of aliphatic hydroxyl groups is 1. The van der Waals surface area contributed by atoms with Crippen molar-refractivity contribution in [1.82, 2.24) is 4.90 Å². The average molecular weight is 352 g/mol. The van der Waals surface area contributed by atoms with Crippen LogP contribution in [-0.4, -0.2) is 34.6 Å². The van der Waals surface area contributed by atoms with E-state index in [0.717, 1.165) is 12.2 Å². The first kappa shape index (κ1) is 18.6.